The monoisotopic (exact) mass is 284 g/mol. The zero-order valence-electron chi connectivity index (χ0n) is 11.8. The molecular weight excluding hydrogens is 260 g/mol. The number of amides is 2. The fourth-order valence-electron chi connectivity index (χ4n) is 2.89. The maximum Gasteiger partial charge on any atom is 0.317 e. The molecule has 2 heterocycles. The molecule has 0 aromatic rings. The summed E-state index contributed by atoms with van der Waals surface area (Å²) < 4.78 is 5.39. The number of carbonyl (C=O) groups is 2. The highest BCUT2D eigenvalue weighted by Crippen LogP contribution is 2.21. The van der Waals surface area contributed by atoms with Crippen molar-refractivity contribution in [2.24, 2.45) is 11.8 Å². The van der Waals surface area contributed by atoms with Gasteiger partial charge in [-0.15, -0.1) is 0 Å². The number of aliphatic carboxylic acids is 1. The topological polar surface area (TPSA) is 78.9 Å². The lowest BCUT2D eigenvalue weighted by Gasteiger charge is -2.24. The Morgan fingerprint density at radius 3 is 2.85 bits per heavy atom. The van der Waals surface area contributed by atoms with Gasteiger partial charge in [0.1, 0.15) is 0 Å². The summed E-state index contributed by atoms with van der Waals surface area (Å²) in [5.74, 6) is -0.00169. The van der Waals surface area contributed by atoms with E-state index in [-0.39, 0.29) is 12.5 Å². The molecule has 2 aliphatic rings. The van der Waals surface area contributed by atoms with Crippen molar-refractivity contribution in [2.45, 2.75) is 32.1 Å². The normalized spacial score (nSPS) is 26.5. The molecule has 2 aliphatic heterocycles. The van der Waals surface area contributed by atoms with Crippen molar-refractivity contribution in [1.29, 1.82) is 0 Å². The van der Waals surface area contributed by atoms with Crippen molar-refractivity contribution in [3.05, 3.63) is 0 Å². The van der Waals surface area contributed by atoms with E-state index in [0.717, 1.165) is 39.0 Å². The number of carbonyl (C=O) groups excluding carboxylic acids is 1. The molecule has 114 valence electrons. The molecule has 6 nitrogen and oxygen atoms in total. The molecule has 0 aromatic carbocycles. The standard InChI is InChI=1S/C14H24N2O4/c17-13(18)4-3-11-5-6-16(9-11)14(19)15-8-12-2-1-7-20-10-12/h11-12H,1-10H2,(H,15,19)(H,17,18). The number of rotatable bonds is 5. The molecule has 0 aromatic heterocycles. The van der Waals surface area contributed by atoms with E-state index < -0.39 is 5.97 Å². The Balaban J connectivity index is 1.64. The molecule has 2 saturated heterocycles. The van der Waals surface area contributed by atoms with E-state index in [1.807, 2.05) is 0 Å². The molecular formula is C14H24N2O4. The van der Waals surface area contributed by atoms with Crippen molar-refractivity contribution < 1.29 is 19.4 Å². The number of carboxylic acid groups (broad SMARTS) is 1. The van der Waals surface area contributed by atoms with Gasteiger partial charge < -0.3 is 20.1 Å². The maximum atomic E-state index is 12.0. The van der Waals surface area contributed by atoms with Crippen LogP contribution in [0.4, 0.5) is 4.79 Å². The minimum Gasteiger partial charge on any atom is -0.481 e. The number of nitrogens with one attached hydrogen (secondary N) is 1. The predicted molar refractivity (Wildman–Crippen MR) is 73.5 cm³/mol. The summed E-state index contributed by atoms with van der Waals surface area (Å²) in [6, 6.07) is -0.0200. The Morgan fingerprint density at radius 1 is 1.30 bits per heavy atom. The fourth-order valence-corrected chi connectivity index (χ4v) is 2.89. The molecule has 0 saturated carbocycles. The van der Waals surface area contributed by atoms with Gasteiger partial charge in [-0.3, -0.25) is 4.79 Å². The van der Waals surface area contributed by atoms with E-state index in [4.69, 9.17) is 9.84 Å². The van der Waals surface area contributed by atoms with E-state index in [9.17, 15) is 9.59 Å². The van der Waals surface area contributed by atoms with Crippen LogP contribution in [0.15, 0.2) is 0 Å². The minimum atomic E-state index is -0.759. The number of ether oxygens (including phenoxy) is 1. The lowest BCUT2D eigenvalue weighted by Crippen LogP contribution is -2.41. The fraction of sp³-hybridized carbons (Fsp3) is 0.857. The Morgan fingerprint density at radius 2 is 2.15 bits per heavy atom. The van der Waals surface area contributed by atoms with Gasteiger partial charge >= 0.3 is 12.0 Å². The second kappa shape index (κ2) is 7.47. The third-order valence-corrected chi connectivity index (χ3v) is 4.14. The number of carboxylic acids is 1. The highest BCUT2D eigenvalue weighted by Gasteiger charge is 2.26. The van der Waals surface area contributed by atoms with Gasteiger partial charge in [0.25, 0.3) is 0 Å². The van der Waals surface area contributed by atoms with Crippen LogP contribution in [0, 0.1) is 11.8 Å². The van der Waals surface area contributed by atoms with Crippen molar-refractivity contribution in [3.8, 4) is 0 Å². The molecule has 20 heavy (non-hydrogen) atoms. The molecule has 2 N–H and O–H groups in total. The number of hydrogen-bond acceptors (Lipinski definition) is 3. The summed E-state index contributed by atoms with van der Waals surface area (Å²) in [6.07, 6.45) is 3.95. The van der Waals surface area contributed by atoms with Crippen molar-refractivity contribution in [1.82, 2.24) is 10.2 Å². The van der Waals surface area contributed by atoms with E-state index in [1.165, 1.54) is 0 Å². The number of hydrogen-bond donors (Lipinski definition) is 2. The first kappa shape index (κ1) is 15.1. The summed E-state index contributed by atoms with van der Waals surface area (Å²) in [5, 5.41) is 11.6. The number of urea groups is 1. The molecule has 2 fully saturated rings. The van der Waals surface area contributed by atoms with Gasteiger partial charge in [-0.1, -0.05) is 0 Å². The van der Waals surface area contributed by atoms with Crippen LogP contribution in [0.25, 0.3) is 0 Å². The SMILES string of the molecule is O=C(O)CCC1CCN(C(=O)NCC2CCCOC2)C1. The van der Waals surface area contributed by atoms with Gasteiger partial charge in [0, 0.05) is 32.7 Å². The predicted octanol–water partition coefficient (Wildman–Crippen LogP) is 1.31. The molecule has 6 heteroatoms. The zero-order valence-corrected chi connectivity index (χ0v) is 11.8. The third-order valence-electron chi connectivity index (χ3n) is 4.14. The Labute approximate surface area is 119 Å². The van der Waals surface area contributed by atoms with Gasteiger partial charge in [0.15, 0.2) is 0 Å². The lowest BCUT2D eigenvalue weighted by atomic mass is 10.0. The number of nitrogens with zero attached hydrogens (tertiary/aromatic N) is 1. The van der Waals surface area contributed by atoms with Crippen LogP contribution in [-0.2, 0) is 9.53 Å². The van der Waals surface area contributed by atoms with Crippen molar-refractivity contribution in [2.75, 3.05) is 32.8 Å². The van der Waals surface area contributed by atoms with E-state index in [0.29, 0.717) is 31.3 Å². The average molecular weight is 284 g/mol. The van der Waals surface area contributed by atoms with Crippen LogP contribution in [0.1, 0.15) is 32.1 Å². The summed E-state index contributed by atoms with van der Waals surface area (Å²) in [6.45, 7) is 3.66. The lowest BCUT2D eigenvalue weighted by molar-refractivity contribution is -0.137. The van der Waals surface area contributed by atoms with Crippen LogP contribution in [0.2, 0.25) is 0 Å². The third kappa shape index (κ3) is 4.67. The van der Waals surface area contributed by atoms with Crippen LogP contribution >= 0.6 is 0 Å². The molecule has 0 bridgehead atoms. The Bertz CT molecular complexity index is 342. The summed E-state index contributed by atoms with van der Waals surface area (Å²) in [5.41, 5.74) is 0. The van der Waals surface area contributed by atoms with Gasteiger partial charge in [0.05, 0.1) is 6.61 Å². The van der Waals surface area contributed by atoms with E-state index in [1.54, 1.807) is 4.90 Å². The van der Waals surface area contributed by atoms with E-state index in [2.05, 4.69) is 5.32 Å². The molecule has 0 radical (unpaired) electrons. The van der Waals surface area contributed by atoms with Crippen LogP contribution in [0.5, 0.6) is 0 Å². The molecule has 2 rings (SSSR count). The summed E-state index contributed by atoms with van der Waals surface area (Å²) >= 11 is 0. The van der Waals surface area contributed by atoms with Crippen LogP contribution in [0.3, 0.4) is 0 Å². The maximum absolute atomic E-state index is 12.0. The Hall–Kier alpha value is -1.30. The van der Waals surface area contributed by atoms with E-state index >= 15 is 0 Å². The summed E-state index contributed by atoms with van der Waals surface area (Å²) in [4.78, 5) is 24.4. The van der Waals surface area contributed by atoms with Gasteiger partial charge in [-0.05, 0) is 37.5 Å². The summed E-state index contributed by atoms with van der Waals surface area (Å²) in [7, 11) is 0. The molecule has 2 amide bonds. The first-order chi connectivity index (χ1) is 9.65. The highest BCUT2D eigenvalue weighted by atomic mass is 16.5. The van der Waals surface area contributed by atoms with Crippen molar-refractivity contribution in [3.63, 3.8) is 0 Å². The zero-order chi connectivity index (χ0) is 14.4. The molecule has 0 aliphatic carbocycles. The van der Waals surface area contributed by atoms with Crippen LogP contribution in [-0.4, -0.2) is 54.9 Å². The van der Waals surface area contributed by atoms with Gasteiger partial charge in [-0.25, -0.2) is 4.79 Å². The van der Waals surface area contributed by atoms with Gasteiger partial charge in [0.2, 0.25) is 0 Å². The quantitative estimate of drug-likeness (QED) is 0.798. The number of likely N-dealkylation sites (tertiary alicyclic amines) is 1. The second-order valence-corrected chi connectivity index (χ2v) is 5.80. The molecule has 2 atom stereocenters. The first-order valence-corrected chi connectivity index (χ1v) is 7.47. The van der Waals surface area contributed by atoms with Gasteiger partial charge in [-0.2, -0.15) is 0 Å². The molecule has 0 spiro atoms. The second-order valence-electron chi connectivity index (χ2n) is 5.80. The smallest absolute Gasteiger partial charge is 0.317 e. The highest BCUT2D eigenvalue weighted by molar-refractivity contribution is 5.74. The minimum absolute atomic E-state index is 0.0200. The van der Waals surface area contributed by atoms with Crippen LogP contribution < -0.4 is 5.32 Å². The Kier molecular flexibility index (Phi) is 5.64. The first-order valence-electron chi connectivity index (χ1n) is 7.47. The molecule has 2 unspecified atom stereocenters. The van der Waals surface area contributed by atoms with Crippen molar-refractivity contribution >= 4 is 12.0 Å². The average Bonchev–Trinajstić information content (AvgIpc) is 2.92. The largest absolute Gasteiger partial charge is 0.481 e.